The van der Waals surface area contributed by atoms with Crippen LogP contribution in [0.1, 0.15) is 177 Å². The lowest BCUT2D eigenvalue weighted by molar-refractivity contribution is -0.00985. The molecular formula is C60H67BN4. The van der Waals surface area contributed by atoms with Crippen molar-refractivity contribution in [3.63, 3.8) is 0 Å². The Morgan fingerprint density at radius 3 is 0.985 bits per heavy atom. The van der Waals surface area contributed by atoms with E-state index in [0.717, 1.165) is 71.0 Å². The molecule has 18 aliphatic rings. The highest BCUT2D eigenvalue weighted by Crippen LogP contribution is 2.65. The second-order valence-corrected chi connectivity index (χ2v) is 28.3. The van der Waals surface area contributed by atoms with E-state index in [0.29, 0.717) is 10.8 Å². The van der Waals surface area contributed by atoms with Crippen LogP contribution in [0.15, 0.2) is 42.5 Å². The van der Waals surface area contributed by atoms with Gasteiger partial charge < -0.3 is 0 Å². The zero-order valence-corrected chi connectivity index (χ0v) is 38.8. The van der Waals surface area contributed by atoms with Gasteiger partial charge in [-0.2, -0.15) is 0 Å². The molecule has 23 rings (SSSR count). The van der Waals surface area contributed by atoms with Crippen LogP contribution in [-0.2, 0) is 21.7 Å². The standard InChI is InChI=1S/C60H67BN4/c1-2-50-52-51(3-1)65-54-47(17-45(58-23-35-7-36(24-58)9-37(8-35)25-58)19-49(54)63-56(65)60-29-41-13-42(30-60)15-43(14-41)31-60)61(52)46-16-44(57-20-32-4-33(21-57)6-34(5-32)22-57)18-48-53(46)64(50)55(62-48)59-26-38-10-39(27-59)12-40(11-38)28-59/h1-3,16-19,32-43H,4-15,20-31H2. The number of imidazole rings is 2. The average Bonchev–Trinajstić information content (AvgIpc) is 3.86. The molecule has 16 fully saturated rings. The molecule has 0 amide bonds. The van der Waals surface area contributed by atoms with Gasteiger partial charge in [0.1, 0.15) is 11.6 Å². The number of aromatic nitrogens is 4. The monoisotopic (exact) mass is 855 g/mol. The zero-order chi connectivity index (χ0) is 41.5. The highest BCUT2D eigenvalue weighted by molar-refractivity contribution is 7.00. The summed E-state index contributed by atoms with van der Waals surface area (Å²) in [6.07, 6.45) is 34.7. The largest absolute Gasteiger partial charge is 0.297 e. The van der Waals surface area contributed by atoms with Crippen LogP contribution in [0.2, 0.25) is 0 Å². The Labute approximate surface area is 386 Å². The van der Waals surface area contributed by atoms with E-state index in [4.69, 9.17) is 9.97 Å². The molecular weight excluding hydrogens is 787 g/mol. The van der Waals surface area contributed by atoms with E-state index in [-0.39, 0.29) is 17.5 Å². The van der Waals surface area contributed by atoms with Crippen LogP contribution >= 0.6 is 0 Å². The highest BCUT2D eigenvalue weighted by Gasteiger charge is 2.59. The molecule has 0 radical (unpaired) electrons. The molecule has 3 aromatic carbocycles. The number of rotatable bonds is 4. The van der Waals surface area contributed by atoms with Crippen molar-refractivity contribution < 1.29 is 0 Å². The van der Waals surface area contributed by atoms with Gasteiger partial charge >= 0.3 is 0 Å². The van der Waals surface area contributed by atoms with Gasteiger partial charge in [-0.3, -0.25) is 9.13 Å². The number of fused-ring (bicyclic) bond motifs is 4. The topological polar surface area (TPSA) is 35.6 Å². The normalized spacial score (nSPS) is 46.4. The highest BCUT2D eigenvalue weighted by atomic mass is 15.1. The number of hydrogen-bond donors (Lipinski definition) is 0. The van der Waals surface area contributed by atoms with Crippen LogP contribution in [0, 0.1) is 71.0 Å². The maximum Gasteiger partial charge on any atom is 0.252 e. The van der Waals surface area contributed by atoms with Crippen molar-refractivity contribution in [3.8, 4) is 11.4 Å². The third-order valence-electron chi connectivity index (χ3n) is 24.3. The Kier molecular flexibility index (Phi) is 6.27. The minimum absolute atomic E-state index is 0.215. The smallest absolute Gasteiger partial charge is 0.252 e. The number of benzene rings is 3. The molecule has 0 atom stereocenters. The predicted octanol–water partition coefficient (Wildman–Crippen LogP) is 11.4. The van der Waals surface area contributed by atoms with Crippen molar-refractivity contribution in [1.29, 1.82) is 0 Å². The van der Waals surface area contributed by atoms with Crippen molar-refractivity contribution in [2.24, 2.45) is 71.0 Å². The maximum atomic E-state index is 6.20. The fourth-order valence-corrected chi connectivity index (χ4v) is 24.1. The first-order chi connectivity index (χ1) is 31.8. The van der Waals surface area contributed by atoms with E-state index in [9.17, 15) is 0 Å². The Morgan fingerprint density at radius 2 is 0.677 bits per heavy atom. The molecule has 65 heavy (non-hydrogen) atoms. The molecule has 330 valence electrons. The van der Waals surface area contributed by atoms with E-state index in [1.165, 1.54) is 199 Å². The summed E-state index contributed by atoms with van der Waals surface area (Å²) in [6.45, 7) is 0.232. The van der Waals surface area contributed by atoms with Gasteiger partial charge in [0.15, 0.2) is 0 Å². The van der Waals surface area contributed by atoms with Gasteiger partial charge in [0.2, 0.25) is 0 Å². The summed E-state index contributed by atoms with van der Waals surface area (Å²) in [5.74, 6) is 13.9. The first-order valence-electron chi connectivity index (χ1n) is 28.1. The van der Waals surface area contributed by atoms with Crippen molar-refractivity contribution in [3.05, 3.63) is 65.2 Å². The van der Waals surface area contributed by atoms with E-state index in [1.54, 1.807) is 27.5 Å². The molecule has 0 spiro atoms. The molecule has 4 heterocycles. The maximum absolute atomic E-state index is 6.20. The van der Waals surface area contributed by atoms with E-state index in [2.05, 4.69) is 51.6 Å². The lowest BCUT2D eigenvalue weighted by atomic mass is 9.33. The van der Waals surface area contributed by atoms with Crippen molar-refractivity contribution in [2.75, 3.05) is 0 Å². The zero-order valence-electron chi connectivity index (χ0n) is 38.8. The van der Waals surface area contributed by atoms with Gasteiger partial charge in [-0.1, -0.05) is 18.2 Å². The molecule has 0 N–H and O–H groups in total. The summed E-state index contributed by atoms with van der Waals surface area (Å²) in [5.41, 5.74) is 18.1. The molecule has 5 heteroatoms. The van der Waals surface area contributed by atoms with Gasteiger partial charge in [0.25, 0.3) is 6.71 Å². The van der Waals surface area contributed by atoms with Crippen LogP contribution in [0.5, 0.6) is 0 Å². The molecule has 5 aromatic rings. The second kappa shape index (κ2) is 11.4. The Hall–Kier alpha value is -3.34. The molecule has 0 saturated heterocycles. The van der Waals surface area contributed by atoms with Crippen LogP contribution in [-0.4, -0.2) is 25.8 Å². The van der Waals surface area contributed by atoms with E-state index in [1.807, 2.05) is 0 Å². The molecule has 16 saturated carbocycles. The summed E-state index contributed by atoms with van der Waals surface area (Å²) in [5, 5.41) is 0. The first-order valence-corrected chi connectivity index (χ1v) is 28.1. The third-order valence-corrected chi connectivity index (χ3v) is 24.3. The summed E-state index contributed by atoms with van der Waals surface area (Å²) >= 11 is 0. The van der Waals surface area contributed by atoms with Crippen LogP contribution in [0.4, 0.5) is 0 Å². The summed E-state index contributed by atoms with van der Waals surface area (Å²) in [7, 11) is 0. The van der Waals surface area contributed by atoms with E-state index < -0.39 is 0 Å². The van der Waals surface area contributed by atoms with Crippen molar-refractivity contribution in [2.45, 2.75) is 176 Å². The van der Waals surface area contributed by atoms with Gasteiger partial charge in [0, 0.05) is 22.2 Å². The lowest BCUT2D eigenvalue weighted by Crippen LogP contribution is -2.61. The SMILES string of the molecule is c1cc2c3c(c1)-n1c(C45CC6CC(CC(C6)C4)C5)nc4cc(C56CC7CC(CC(C7)C5)C6)cc(c41)B3c1cc(C34CC5CC(CC(C5)C3)C4)cc3nc(C45CC6CC(CC(C6)C4)C5)n-2c13. The van der Waals surface area contributed by atoms with E-state index >= 15 is 0 Å². The molecule has 2 aromatic heterocycles. The molecule has 16 aliphatic carbocycles. The fourth-order valence-electron chi connectivity index (χ4n) is 24.1. The molecule has 4 nitrogen and oxygen atoms in total. The van der Waals surface area contributed by atoms with Crippen molar-refractivity contribution in [1.82, 2.24) is 19.1 Å². The van der Waals surface area contributed by atoms with Gasteiger partial charge in [-0.15, -0.1) is 0 Å². The van der Waals surface area contributed by atoms with Crippen LogP contribution in [0.3, 0.4) is 0 Å². The summed E-state index contributed by atoms with van der Waals surface area (Å²) < 4.78 is 5.78. The fraction of sp³-hybridized carbons (Fsp3) is 0.667. The van der Waals surface area contributed by atoms with Gasteiger partial charge in [-0.05, 0) is 288 Å². The van der Waals surface area contributed by atoms with Gasteiger partial charge in [-0.25, -0.2) is 9.97 Å². The number of hydrogen-bond acceptors (Lipinski definition) is 2. The Bertz CT molecular complexity index is 2680. The van der Waals surface area contributed by atoms with Crippen LogP contribution < -0.4 is 16.4 Å². The Morgan fingerprint density at radius 1 is 0.385 bits per heavy atom. The minimum Gasteiger partial charge on any atom is -0.297 e. The molecule has 0 unspecified atom stereocenters. The summed E-state index contributed by atoms with van der Waals surface area (Å²) in [4.78, 5) is 12.4. The average molecular weight is 855 g/mol. The second-order valence-electron chi connectivity index (χ2n) is 28.3. The number of nitrogens with zero attached hydrogens (tertiary/aromatic N) is 4. The molecule has 16 bridgehead atoms. The van der Waals surface area contributed by atoms with Crippen molar-refractivity contribution >= 4 is 45.2 Å². The van der Waals surface area contributed by atoms with Gasteiger partial charge in [0.05, 0.1) is 22.1 Å². The quantitative estimate of drug-likeness (QED) is 0.165. The van der Waals surface area contributed by atoms with Crippen LogP contribution in [0.25, 0.3) is 33.4 Å². The molecule has 2 aliphatic heterocycles. The Balaban J connectivity index is 0.910. The predicted molar refractivity (Wildman–Crippen MR) is 260 cm³/mol. The minimum atomic E-state index is 0.215. The lowest BCUT2D eigenvalue weighted by Gasteiger charge is -2.57. The third kappa shape index (κ3) is 4.37. The summed E-state index contributed by atoms with van der Waals surface area (Å²) in [6, 6.07) is 18.9. The first kappa shape index (κ1) is 35.8.